The second-order valence-electron chi connectivity index (χ2n) is 8.19. The van der Waals surface area contributed by atoms with Crippen LogP contribution in [0.1, 0.15) is 54.0 Å². The second kappa shape index (κ2) is 7.98. The van der Waals surface area contributed by atoms with E-state index >= 15 is 0 Å². The van der Waals surface area contributed by atoms with Crippen LogP contribution in [0.4, 0.5) is 0 Å². The molecule has 1 N–H and O–H groups in total. The van der Waals surface area contributed by atoms with Gasteiger partial charge in [0.05, 0.1) is 18.7 Å². The third-order valence-electron chi connectivity index (χ3n) is 6.31. The van der Waals surface area contributed by atoms with Gasteiger partial charge in [0.2, 0.25) is 0 Å². The largest absolute Gasteiger partial charge is 0.507 e. The zero-order valence-corrected chi connectivity index (χ0v) is 17.6. The molecule has 1 saturated heterocycles. The van der Waals surface area contributed by atoms with Gasteiger partial charge in [-0.1, -0.05) is 43.2 Å². The lowest BCUT2D eigenvalue weighted by Gasteiger charge is -2.30. The number of carbonyl (C=O) groups excluding carboxylic acids is 2. The van der Waals surface area contributed by atoms with Crippen molar-refractivity contribution in [2.75, 3.05) is 7.11 Å². The van der Waals surface area contributed by atoms with E-state index < -0.39 is 17.7 Å². The van der Waals surface area contributed by atoms with Gasteiger partial charge < -0.3 is 14.7 Å². The maximum atomic E-state index is 13.2. The molecular formula is C25H27NO4. The monoisotopic (exact) mass is 405 g/mol. The van der Waals surface area contributed by atoms with E-state index in [9.17, 15) is 14.7 Å². The van der Waals surface area contributed by atoms with E-state index in [4.69, 9.17) is 4.74 Å². The maximum absolute atomic E-state index is 13.2. The predicted octanol–water partition coefficient (Wildman–Crippen LogP) is 4.68. The van der Waals surface area contributed by atoms with Crippen molar-refractivity contribution in [1.29, 1.82) is 0 Å². The molecule has 1 atom stereocenters. The summed E-state index contributed by atoms with van der Waals surface area (Å²) in [5.41, 5.74) is 3.21. The number of benzene rings is 2. The Kier molecular flexibility index (Phi) is 5.37. The van der Waals surface area contributed by atoms with Crippen molar-refractivity contribution in [3.8, 4) is 5.75 Å². The number of nitrogens with zero attached hydrogens (tertiary/aromatic N) is 1. The van der Waals surface area contributed by atoms with Gasteiger partial charge in [-0.3, -0.25) is 9.59 Å². The number of ether oxygens (including phenoxy) is 1. The second-order valence-corrected chi connectivity index (χ2v) is 8.19. The van der Waals surface area contributed by atoms with Crippen molar-refractivity contribution in [1.82, 2.24) is 4.90 Å². The first-order valence-corrected chi connectivity index (χ1v) is 10.4. The molecule has 0 aromatic heterocycles. The van der Waals surface area contributed by atoms with Gasteiger partial charge in [0, 0.05) is 11.6 Å². The highest BCUT2D eigenvalue weighted by Gasteiger charge is 2.49. The van der Waals surface area contributed by atoms with E-state index in [-0.39, 0.29) is 17.4 Å². The van der Waals surface area contributed by atoms with Gasteiger partial charge in [-0.05, 0) is 55.5 Å². The van der Waals surface area contributed by atoms with Gasteiger partial charge in [-0.2, -0.15) is 0 Å². The standard InChI is InChI=1S/C25H27NO4/c1-15-14-20(30-3)16(2)13-19(15)23(27)21-22(17-9-5-4-6-10-17)26(25(29)24(21)28)18-11-7-8-12-18/h4-6,9-10,13-14,18,22,27H,7-8,11-12H2,1-3H3/b23-21+. The fourth-order valence-corrected chi connectivity index (χ4v) is 4.78. The minimum absolute atomic E-state index is 0.0238. The normalized spacial score (nSPS) is 21.4. The van der Waals surface area contributed by atoms with E-state index in [0.29, 0.717) is 5.56 Å². The van der Waals surface area contributed by atoms with E-state index in [2.05, 4.69) is 0 Å². The highest BCUT2D eigenvalue weighted by Crippen LogP contribution is 2.44. The van der Waals surface area contributed by atoms with Crippen LogP contribution in [0.15, 0.2) is 48.0 Å². The molecule has 1 aliphatic carbocycles. The van der Waals surface area contributed by atoms with Gasteiger partial charge in [0.25, 0.3) is 11.7 Å². The summed E-state index contributed by atoms with van der Waals surface area (Å²) in [6.07, 6.45) is 3.87. The lowest BCUT2D eigenvalue weighted by molar-refractivity contribution is -0.141. The molecule has 1 saturated carbocycles. The van der Waals surface area contributed by atoms with Crippen LogP contribution in [0.2, 0.25) is 0 Å². The van der Waals surface area contributed by atoms with Crippen LogP contribution in [0, 0.1) is 13.8 Å². The lowest BCUT2D eigenvalue weighted by atomic mass is 9.92. The van der Waals surface area contributed by atoms with Gasteiger partial charge in [0.15, 0.2) is 0 Å². The number of Topliss-reactive ketones (excluding diaryl/α,β-unsaturated/α-hetero) is 1. The Bertz CT molecular complexity index is 1020. The van der Waals surface area contributed by atoms with E-state index in [1.807, 2.05) is 56.3 Å². The number of rotatable bonds is 4. The van der Waals surface area contributed by atoms with Gasteiger partial charge >= 0.3 is 0 Å². The number of methoxy groups -OCH3 is 1. The third kappa shape index (κ3) is 3.28. The molecule has 1 unspecified atom stereocenters. The molecule has 1 amide bonds. The van der Waals surface area contributed by atoms with Crippen molar-refractivity contribution in [3.63, 3.8) is 0 Å². The minimum Gasteiger partial charge on any atom is -0.507 e. The molecule has 0 bridgehead atoms. The SMILES string of the molecule is COc1cc(C)c(/C(O)=C2\C(=O)C(=O)N(C3CCCC3)C2c2ccccc2)cc1C. The quantitative estimate of drug-likeness (QED) is 0.456. The molecule has 2 aromatic carbocycles. The zero-order chi connectivity index (χ0) is 21.4. The molecule has 0 spiro atoms. The molecule has 2 aromatic rings. The first kappa shape index (κ1) is 20.2. The fourth-order valence-electron chi connectivity index (χ4n) is 4.78. The van der Waals surface area contributed by atoms with Crippen LogP contribution in [-0.4, -0.2) is 34.8 Å². The lowest BCUT2D eigenvalue weighted by Crippen LogP contribution is -2.37. The summed E-state index contributed by atoms with van der Waals surface area (Å²) in [5.74, 6) is -0.526. The van der Waals surface area contributed by atoms with Crippen LogP contribution in [0.3, 0.4) is 0 Å². The summed E-state index contributed by atoms with van der Waals surface area (Å²) in [6.45, 7) is 3.75. The van der Waals surface area contributed by atoms with Crippen LogP contribution in [-0.2, 0) is 9.59 Å². The van der Waals surface area contributed by atoms with Gasteiger partial charge in [0.1, 0.15) is 11.5 Å². The number of hydrogen-bond donors (Lipinski definition) is 1. The molecule has 156 valence electrons. The average Bonchev–Trinajstić information content (AvgIpc) is 3.36. The van der Waals surface area contributed by atoms with Crippen molar-refractivity contribution in [2.45, 2.75) is 51.6 Å². The Morgan fingerprint density at radius 3 is 2.33 bits per heavy atom. The minimum atomic E-state index is -0.610. The van der Waals surface area contributed by atoms with Crippen molar-refractivity contribution in [3.05, 3.63) is 70.3 Å². The van der Waals surface area contributed by atoms with Gasteiger partial charge in [-0.25, -0.2) is 0 Å². The Balaban J connectivity index is 1.91. The third-order valence-corrected chi connectivity index (χ3v) is 6.31. The molecule has 30 heavy (non-hydrogen) atoms. The van der Waals surface area contributed by atoms with Crippen LogP contribution >= 0.6 is 0 Å². The summed E-state index contributed by atoms with van der Waals surface area (Å²) < 4.78 is 5.37. The number of hydrogen-bond acceptors (Lipinski definition) is 4. The smallest absolute Gasteiger partial charge is 0.295 e. The predicted molar refractivity (Wildman–Crippen MR) is 115 cm³/mol. The molecule has 5 heteroatoms. The van der Waals surface area contributed by atoms with Crippen LogP contribution in [0.25, 0.3) is 5.76 Å². The fraction of sp³-hybridized carbons (Fsp3) is 0.360. The number of amides is 1. The van der Waals surface area contributed by atoms with E-state index in [1.165, 1.54) is 0 Å². The van der Waals surface area contributed by atoms with Crippen LogP contribution < -0.4 is 4.74 Å². The highest BCUT2D eigenvalue weighted by molar-refractivity contribution is 6.46. The topological polar surface area (TPSA) is 66.8 Å². The van der Waals surface area contributed by atoms with Crippen molar-refractivity contribution in [2.24, 2.45) is 0 Å². The summed E-state index contributed by atoms with van der Waals surface area (Å²) in [4.78, 5) is 28.0. The Morgan fingerprint density at radius 1 is 1.03 bits per heavy atom. The van der Waals surface area contributed by atoms with Crippen LogP contribution in [0.5, 0.6) is 5.75 Å². The molecular weight excluding hydrogens is 378 g/mol. The van der Waals surface area contributed by atoms with E-state index in [0.717, 1.165) is 48.1 Å². The van der Waals surface area contributed by atoms with E-state index in [1.54, 1.807) is 12.0 Å². The number of aryl methyl sites for hydroxylation is 2. The average molecular weight is 405 g/mol. The zero-order valence-electron chi connectivity index (χ0n) is 17.6. The summed E-state index contributed by atoms with van der Waals surface area (Å²) in [6, 6.07) is 12.6. The Labute approximate surface area is 177 Å². The molecule has 4 rings (SSSR count). The molecule has 5 nitrogen and oxygen atoms in total. The number of ketones is 1. The number of aliphatic hydroxyl groups is 1. The Hall–Kier alpha value is -3.08. The van der Waals surface area contributed by atoms with Crippen molar-refractivity contribution >= 4 is 17.4 Å². The Morgan fingerprint density at radius 2 is 1.70 bits per heavy atom. The first-order chi connectivity index (χ1) is 14.4. The summed E-state index contributed by atoms with van der Waals surface area (Å²) >= 11 is 0. The molecule has 0 radical (unpaired) electrons. The molecule has 2 aliphatic rings. The number of likely N-dealkylation sites (tertiary alicyclic amines) is 1. The first-order valence-electron chi connectivity index (χ1n) is 10.4. The van der Waals surface area contributed by atoms with Crippen molar-refractivity contribution < 1.29 is 19.4 Å². The summed E-state index contributed by atoms with van der Waals surface area (Å²) in [7, 11) is 1.60. The maximum Gasteiger partial charge on any atom is 0.295 e. The number of carbonyl (C=O) groups is 2. The molecule has 1 heterocycles. The molecule has 2 fully saturated rings. The molecule has 1 aliphatic heterocycles. The number of aliphatic hydroxyl groups excluding tert-OH is 1. The highest BCUT2D eigenvalue weighted by atomic mass is 16.5. The summed E-state index contributed by atoms with van der Waals surface area (Å²) in [5, 5.41) is 11.3. The van der Waals surface area contributed by atoms with Gasteiger partial charge in [-0.15, -0.1) is 0 Å².